The fourth-order valence-corrected chi connectivity index (χ4v) is 2.44. The molecule has 1 N–H and O–H groups in total. The predicted molar refractivity (Wildman–Crippen MR) is 74.3 cm³/mol. The normalized spacial score (nSPS) is 10.7. The van der Waals surface area contributed by atoms with Gasteiger partial charge in [-0.1, -0.05) is 17.9 Å². The molecule has 19 heavy (non-hydrogen) atoms. The molecule has 0 fully saturated rings. The lowest BCUT2D eigenvalue weighted by atomic mass is 10.2. The van der Waals surface area contributed by atoms with Crippen molar-refractivity contribution in [2.45, 2.75) is 30.9 Å². The molecule has 0 radical (unpaired) electrons. The number of sulfone groups is 1. The quantitative estimate of drug-likeness (QED) is 0.850. The zero-order valence-electron chi connectivity index (χ0n) is 11.2. The number of nitrogens with one attached hydrogen (secondary N) is 1. The molecule has 0 heterocycles. The first kappa shape index (κ1) is 15.3. The number of rotatable bonds is 3. The molecule has 0 saturated heterocycles. The molecule has 1 aromatic rings. The summed E-state index contributed by atoms with van der Waals surface area (Å²) in [6.45, 7) is 4.95. The minimum Gasteiger partial charge on any atom is -0.345 e. The lowest BCUT2D eigenvalue weighted by molar-refractivity contribution is -0.118. The number of benzene rings is 1. The van der Waals surface area contributed by atoms with Gasteiger partial charge in [0.05, 0.1) is 16.7 Å². The zero-order chi connectivity index (χ0) is 14.5. The molecule has 0 spiro atoms. The minimum absolute atomic E-state index is 0.148. The molecule has 0 atom stereocenters. The van der Waals surface area contributed by atoms with Crippen LogP contribution in [0.4, 0.5) is 0 Å². The van der Waals surface area contributed by atoms with Gasteiger partial charge in [-0.05, 0) is 32.0 Å². The van der Waals surface area contributed by atoms with Gasteiger partial charge in [-0.3, -0.25) is 4.79 Å². The van der Waals surface area contributed by atoms with Gasteiger partial charge in [0, 0.05) is 12.5 Å². The zero-order valence-corrected chi connectivity index (χ0v) is 12.0. The molecule has 0 saturated carbocycles. The maximum Gasteiger partial charge on any atom is 0.217 e. The van der Waals surface area contributed by atoms with Crippen LogP contribution in [0.5, 0.6) is 0 Å². The van der Waals surface area contributed by atoms with Crippen molar-refractivity contribution in [3.8, 4) is 11.8 Å². The Bertz CT molecular complexity index is 622. The number of hydrogen-bond donors (Lipinski definition) is 1. The molecule has 1 aromatic carbocycles. The van der Waals surface area contributed by atoms with Crippen molar-refractivity contribution in [3.63, 3.8) is 0 Å². The van der Waals surface area contributed by atoms with Gasteiger partial charge in [-0.15, -0.1) is 0 Å². The van der Waals surface area contributed by atoms with Crippen molar-refractivity contribution in [3.05, 3.63) is 29.8 Å². The van der Waals surface area contributed by atoms with Crippen molar-refractivity contribution in [1.82, 2.24) is 5.32 Å². The Morgan fingerprint density at radius 3 is 2.63 bits per heavy atom. The SMILES string of the molecule is CC(=O)NCC#Cc1cccc(S(=O)(=O)C(C)C)c1. The number of amides is 1. The van der Waals surface area contributed by atoms with E-state index in [1.54, 1.807) is 38.1 Å². The first-order valence-corrected chi connectivity index (χ1v) is 7.46. The third-order valence-electron chi connectivity index (χ3n) is 2.44. The van der Waals surface area contributed by atoms with E-state index in [1.807, 2.05) is 0 Å². The molecule has 0 aliphatic rings. The van der Waals surface area contributed by atoms with Crippen LogP contribution in [0.25, 0.3) is 0 Å². The second-order valence-electron chi connectivity index (χ2n) is 4.33. The molecule has 0 aromatic heterocycles. The average Bonchev–Trinajstić information content (AvgIpc) is 2.34. The smallest absolute Gasteiger partial charge is 0.217 e. The molecule has 4 nitrogen and oxygen atoms in total. The van der Waals surface area contributed by atoms with Crippen LogP contribution >= 0.6 is 0 Å². The van der Waals surface area contributed by atoms with Crippen molar-refractivity contribution >= 4 is 15.7 Å². The van der Waals surface area contributed by atoms with E-state index in [9.17, 15) is 13.2 Å². The Kier molecular flexibility index (Phi) is 5.13. The van der Waals surface area contributed by atoms with Crippen molar-refractivity contribution in [1.29, 1.82) is 0 Å². The lowest BCUT2D eigenvalue weighted by Crippen LogP contribution is -2.19. The highest BCUT2D eigenvalue weighted by Crippen LogP contribution is 2.16. The van der Waals surface area contributed by atoms with E-state index in [4.69, 9.17) is 0 Å². The maximum atomic E-state index is 12.0. The average molecular weight is 279 g/mol. The molecule has 0 aliphatic carbocycles. The van der Waals surface area contributed by atoms with Crippen LogP contribution in [0.2, 0.25) is 0 Å². The summed E-state index contributed by atoms with van der Waals surface area (Å²) < 4.78 is 24.0. The van der Waals surface area contributed by atoms with Crippen LogP contribution in [-0.4, -0.2) is 26.1 Å². The highest BCUT2D eigenvalue weighted by Gasteiger charge is 2.18. The topological polar surface area (TPSA) is 63.2 Å². The summed E-state index contributed by atoms with van der Waals surface area (Å²) in [5, 5.41) is 2.09. The molecule has 1 amide bonds. The first-order chi connectivity index (χ1) is 8.84. The van der Waals surface area contributed by atoms with E-state index in [2.05, 4.69) is 17.2 Å². The van der Waals surface area contributed by atoms with Crippen LogP contribution in [-0.2, 0) is 14.6 Å². The van der Waals surface area contributed by atoms with Crippen LogP contribution < -0.4 is 5.32 Å². The third kappa shape index (κ3) is 4.42. The summed E-state index contributed by atoms with van der Waals surface area (Å²) >= 11 is 0. The molecule has 102 valence electrons. The fraction of sp³-hybridized carbons (Fsp3) is 0.357. The summed E-state index contributed by atoms with van der Waals surface area (Å²) in [6, 6.07) is 6.52. The van der Waals surface area contributed by atoms with Gasteiger partial charge >= 0.3 is 0 Å². The predicted octanol–water partition coefficient (Wildman–Crippen LogP) is 1.36. The summed E-state index contributed by atoms with van der Waals surface area (Å²) in [5.41, 5.74) is 0.618. The maximum absolute atomic E-state index is 12.0. The standard InChI is InChI=1S/C14H17NO3S/c1-11(2)19(17,18)14-8-4-6-13(10-14)7-5-9-15-12(3)16/h4,6,8,10-11H,9H2,1-3H3,(H,15,16). The molecule has 1 rings (SSSR count). The second kappa shape index (κ2) is 6.39. The monoisotopic (exact) mass is 279 g/mol. The molecule has 0 unspecified atom stereocenters. The highest BCUT2D eigenvalue weighted by atomic mass is 32.2. The van der Waals surface area contributed by atoms with Gasteiger partial charge in [0.15, 0.2) is 9.84 Å². The fourth-order valence-electron chi connectivity index (χ4n) is 1.34. The lowest BCUT2D eigenvalue weighted by Gasteiger charge is -2.07. The van der Waals surface area contributed by atoms with Crippen LogP contribution in [0, 0.1) is 11.8 Å². The molecule has 0 bridgehead atoms. The molecule has 0 aliphatic heterocycles. The number of carbonyl (C=O) groups excluding carboxylic acids is 1. The number of hydrogen-bond acceptors (Lipinski definition) is 3. The number of carbonyl (C=O) groups is 1. The van der Waals surface area contributed by atoms with E-state index in [-0.39, 0.29) is 17.3 Å². The van der Waals surface area contributed by atoms with E-state index in [1.165, 1.54) is 6.92 Å². The second-order valence-corrected chi connectivity index (χ2v) is 6.84. The summed E-state index contributed by atoms with van der Waals surface area (Å²) in [6.07, 6.45) is 0. The van der Waals surface area contributed by atoms with Gasteiger partial charge < -0.3 is 5.32 Å². The van der Waals surface area contributed by atoms with Crippen LogP contribution in [0.15, 0.2) is 29.2 Å². The van der Waals surface area contributed by atoms with E-state index in [0.29, 0.717) is 5.56 Å². The van der Waals surface area contributed by atoms with Crippen molar-refractivity contribution in [2.75, 3.05) is 6.54 Å². The van der Waals surface area contributed by atoms with E-state index >= 15 is 0 Å². The summed E-state index contributed by atoms with van der Waals surface area (Å²) in [7, 11) is -3.28. The van der Waals surface area contributed by atoms with Crippen LogP contribution in [0.1, 0.15) is 26.3 Å². The molecule has 5 heteroatoms. The van der Waals surface area contributed by atoms with Crippen molar-refractivity contribution < 1.29 is 13.2 Å². The third-order valence-corrected chi connectivity index (χ3v) is 4.59. The first-order valence-electron chi connectivity index (χ1n) is 5.91. The van der Waals surface area contributed by atoms with Gasteiger partial charge in [0.25, 0.3) is 0 Å². The summed E-state index contributed by atoms with van der Waals surface area (Å²) in [4.78, 5) is 10.9. The highest BCUT2D eigenvalue weighted by molar-refractivity contribution is 7.92. The molecular formula is C14H17NO3S. The van der Waals surface area contributed by atoms with E-state index < -0.39 is 15.1 Å². The Morgan fingerprint density at radius 1 is 1.37 bits per heavy atom. The Balaban J connectivity index is 2.93. The van der Waals surface area contributed by atoms with Crippen molar-refractivity contribution in [2.24, 2.45) is 0 Å². The van der Waals surface area contributed by atoms with E-state index in [0.717, 1.165) is 0 Å². The Morgan fingerprint density at radius 2 is 2.05 bits per heavy atom. The van der Waals surface area contributed by atoms with Gasteiger partial charge in [0.2, 0.25) is 5.91 Å². The molecular weight excluding hydrogens is 262 g/mol. The summed E-state index contributed by atoms with van der Waals surface area (Å²) in [5.74, 6) is 5.44. The Hall–Kier alpha value is -1.80. The van der Waals surface area contributed by atoms with Gasteiger partial charge in [-0.25, -0.2) is 8.42 Å². The minimum atomic E-state index is -3.28. The van der Waals surface area contributed by atoms with Gasteiger partial charge in [-0.2, -0.15) is 0 Å². The Labute approximate surface area is 114 Å². The van der Waals surface area contributed by atoms with Gasteiger partial charge in [0.1, 0.15) is 0 Å². The largest absolute Gasteiger partial charge is 0.345 e. The van der Waals surface area contributed by atoms with Crippen LogP contribution in [0.3, 0.4) is 0 Å².